The second kappa shape index (κ2) is 7.37. The van der Waals surface area contributed by atoms with Gasteiger partial charge in [-0.05, 0) is 24.5 Å². The first kappa shape index (κ1) is 18.1. The molecule has 0 aliphatic heterocycles. The first-order valence-corrected chi connectivity index (χ1v) is 8.09. The van der Waals surface area contributed by atoms with Crippen molar-refractivity contribution in [2.75, 3.05) is 7.11 Å². The summed E-state index contributed by atoms with van der Waals surface area (Å²) in [6, 6.07) is 4.20. The van der Waals surface area contributed by atoms with Gasteiger partial charge in [-0.3, -0.25) is 4.79 Å². The molecule has 122 valence electrons. The number of aliphatic carboxylic acids is 1. The van der Waals surface area contributed by atoms with Crippen molar-refractivity contribution in [2.45, 2.75) is 31.2 Å². The van der Waals surface area contributed by atoms with E-state index < -0.39 is 28.0 Å². The highest BCUT2D eigenvalue weighted by Crippen LogP contribution is 2.18. The van der Waals surface area contributed by atoms with Crippen LogP contribution in [0.15, 0.2) is 29.2 Å². The molecule has 22 heavy (non-hydrogen) atoms. The Labute approximate surface area is 129 Å². The molecule has 0 aromatic heterocycles. The molecule has 0 amide bonds. The molecule has 0 spiro atoms. The van der Waals surface area contributed by atoms with E-state index in [1.165, 1.54) is 24.3 Å². The van der Waals surface area contributed by atoms with E-state index in [9.17, 15) is 18.0 Å². The normalized spacial score (nSPS) is 12.9. The van der Waals surface area contributed by atoms with Gasteiger partial charge in [0.25, 0.3) is 0 Å². The van der Waals surface area contributed by atoms with Gasteiger partial charge in [0.1, 0.15) is 6.04 Å². The maximum atomic E-state index is 12.4. The van der Waals surface area contributed by atoms with Gasteiger partial charge < -0.3 is 9.84 Å². The third kappa shape index (κ3) is 4.54. The molecule has 0 aliphatic rings. The topological polar surface area (TPSA) is 110 Å². The Morgan fingerprint density at radius 1 is 1.27 bits per heavy atom. The first-order valence-electron chi connectivity index (χ1n) is 6.61. The van der Waals surface area contributed by atoms with Gasteiger partial charge in [0, 0.05) is 0 Å². The highest BCUT2D eigenvalue weighted by molar-refractivity contribution is 7.89. The van der Waals surface area contributed by atoms with Gasteiger partial charge in [0.2, 0.25) is 10.0 Å². The second-order valence-corrected chi connectivity index (χ2v) is 6.81. The Hall–Kier alpha value is -1.93. The molecular weight excluding hydrogens is 310 g/mol. The van der Waals surface area contributed by atoms with Gasteiger partial charge in [0.15, 0.2) is 0 Å². The molecule has 7 nitrogen and oxygen atoms in total. The Morgan fingerprint density at radius 2 is 1.86 bits per heavy atom. The van der Waals surface area contributed by atoms with E-state index in [2.05, 4.69) is 9.46 Å². The molecule has 0 fully saturated rings. The fourth-order valence-corrected chi connectivity index (χ4v) is 3.30. The van der Waals surface area contributed by atoms with E-state index in [1.807, 2.05) is 0 Å². The number of esters is 1. The Balaban J connectivity index is 3.19. The Kier molecular flexibility index (Phi) is 6.07. The van der Waals surface area contributed by atoms with E-state index in [0.29, 0.717) is 0 Å². The van der Waals surface area contributed by atoms with Crippen LogP contribution >= 0.6 is 0 Å². The molecule has 0 saturated heterocycles. The molecule has 0 saturated carbocycles. The number of nitrogens with one attached hydrogen (secondary N) is 1. The van der Waals surface area contributed by atoms with Gasteiger partial charge in [-0.25, -0.2) is 13.2 Å². The van der Waals surface area contributed by atoms with E-state index in [0.717, 1.165) is 7.11 Å². The van der Waals surface area contributed by atoms with Crippen LogP contribution in [0, 0.1) is 5.92 Å². The molecule has 0 heterocycles. The number of methoxy groups -OCH3 is 1. The molecule has 1 unspecified atom stereocenters. The average molecular weight is 329 g/mol. The number of carbonyl (C=O) groups excluding carboxylic acids is 1. The van der Waals surface area contributed by atoms with Gasteiger partial charge in [0.05, 0.1) is 17.6 Å². The Bertz CT molecular complexity index is 653. The van der Waals surface area contributed by atoms with Crippen LogP contribution < -0.4 is 4.72 Å². The van der Waals surface area contributed by atoms with E-state index in [-0.39, 0.29) is 22.8 Å². The number of hydrogen-bond acceptors (Lipinski definition) is 5. The molecule has 0 radical (unpaired) electrons. The Morgan fingerprint density at radius 3 is 2.36 bits per heavy atom. The third-order valence-corrected chi connectivity index (χ3v) is 4.41. The number of sulfonamides is 1. The van der Waals surface area contributed by atoms with E-state index >= 15 is 0 Å². The van der Waals surface area contributed by atoms with Crippen LogP contribution in [0.1, 0.15) is 30.6 Å². The van der Waals surface area contributed by atoms with Crippen LogP contribution in [0.25, 0.3) is 0 Å². The lowest BCUT2D eigenvalue weighted by atomic mass is 10.1. The maximum absolute atomic E-state index is 12.4. The molecule has 1 atom stereocenters. The molecule has 0 aliphatic carbocycles. The minimum absolute atomic E-state index is 0.0142. The second-order valence-electron chi connectivity index (χ2n) is 5.13. The number of carboxylic acid groups (broad SMARTS) is 1. The standard InChI is InChI=1S/C14H19NO6S/c1-9(2)8-11(13(16)17)15-22(19,20)12-7-5-4-6-10(12)14(18)21-3/h4-7,9,11,15H,8H2,1-3H3,(H,16,17). The molecule has 2 N–H and O–H groups in total. The zero-order chi connectivity index (χ0) is 16.9. The van der Waals surface area contributed by atoms with Gasteiger partial charge >= 0.3 is 11.9 Å². The largest absolute Gasteiger partial charge is 0.480 e. The van der Waals surface area contributed by atoms with Crippen LogP contribution in [-0.4, -0.2) is 38.6 Å². The van der Waals surface area contributed by atoms with Crippen LogP contribution in [-0.2, 0) is 19.6 Å². The summed E-state index contributed by atoms with van der Waals surface area (Å²) in [5.41, 5.74) is -0.147. The SMILES string of the molecule is COC(=O)c1ccccc1S(=O)(=O)NC(CC(C)C)C(=O)O. The summed E-state index contributed by atoms with van der Waals surface area (Å²) >= 11 is 0. The van der Waals surface area contributed by atoms with Crippen LogP contribution in [0.4, 0.5) is 0 Å². The zero-order valence-electron chi connectivity index (χ0n) is 12.6. The highest BCUT2D eigenvalue weighted by atomic mass is 32.2. The molecule has 1 aromatic carbocycles. The zero-order valence-corrected chi connectivity index (χ0v) is 13.4. The van der Waals surface area contributed by atoms with Crippen molar-refractivity contribution in [3.05, 3.63) is 29.8 Å². The minimum atomic E-state index is -4.17. The number of carbonyl (C=O) groups is 2. The van der Waals surface area contributed by atoms with Crippen molar-refractivity contribution in [1.82, 2.24) is 4.72 Å². The van der Waals surface area contributed by atoms with Crippen molar-refractivity contribution in [3.8, 4) is 0 Å². The number of benzene rings is 1. The van der Waals surface area contributed by atoms with Crippen molar-refractivity contribution >= 4 is 22.0 Å². The molecule has 1 aromatic rings. The third-order valence-electron chi connectivity index (χ3n) is 2.88. The van der Waals surface area contributed by atoms with Crippen molar-refractivity contribution in [1.29, 1.82) is 0 Å². The van der Waals surface area contributed by atoms with Crippen LogP contribution in [0.5, 0.6) is 0 Å². The van der Waals surface area contributed by atoms with Gasteiger partial charge in [-0.15, -0.1) is 0 Å². The van der Waals surface area contributed by atoms with Gasteiger partial charge in [-0.2, -0.15) is 4.72 Å². The fourth-order valence-electron chi connectivity index (χ4n) is 1.90. The predicted octanol–water partition coefficient (Wildman–Crippen LogP) is 1.25. The molecule has 1 rings (SSSR count). The smallest absolute Gasteiger partial charge is 0.339 e. The summed E-state index contributed by atoms with van der Waals surface area (Å²) in [6.45, 7) is 3.57. The first-order chi connectivity index (χ1) is 10.2. The quantitative estimate of drug-likeness (QED) is 0.729. The van der Waals surface area contributed by atoms with E-state index in [1.54, 1.807) is 13.8 Å². The summed E-state index contributed by atoms with van der Waals surface area (Å²) in [5, 5.41) is 9.14. The van der Waals surface area contributed by atoms with Crippen molar-refractivity contribution in [3.63, 3.8) is 0 Å². The lowest BCUT2D eigenvalue weighted by Crippen LogP contribution is -2.42. The summed E-state index contributed by atoms with van der Waals surface area (Å²) in [4.78, 5) is 22.5. The van der Waals surface area contributed by atoms with E-state index in [4.69, 9.17) is 5.11 Å². The van der Waals surface area contributed by atoms with Crippen molar-refractivity contribution < 1.29 is 27.9 Å². The lowest BCUT2D eigenvalue weighted by Gasteiger charge is -2.17. The molecule has 8 heteroatoms. The summed E-state index contributed by atoms with van der Waals surface area (Å²) in [5.74, 6) is -2.09. The number of hydrogen-bond donors (Lipinski definition) is 2. The summed E-state index contributed by atoms with van der Waals surface area (Å²) < 4.78 is 31.4. The minimum Gasteiger partial charge on any atom is -0.480 e. The highest BCUT2D eigenvalue weighted by Gasteiger charge is 2.29. The van der Waals surface area contributed by atoms with Crippen LogP contribution in [0.3, 0.4) is 0 Å². The van der Waals surface area contributed by atoms with Gasteiger partial charge in [-0.1, -0.05) is 26.0 Å². The average Bonchev–Trinajstić information content (AvgIpc) is 2.45. The van der Waals surface area contributed by atoms with Crippen LogP contribution in [0.2, 0.25) is 0 Å². The monoisotopic (exact) mass is 329 g/mol. The number of ether oxygens (including phenoxy) is 1. The lowest BCUT2D eigenvalue weighted by molar-refractivity contribution is -0.139. The maximum Gasteiger partial charge on any atom is 0.339 e. The predicted molar refractivity (Wildman–Crippen MR) is 79.0 cm³/mol. The number of rotatable bonds is 7. The number of carboxylic acids is 1. The summed E-state index contributed by atoms with van der Waals surface area (Å²) in [6.07, 6.45) is 0.134. The fraction of sp³-hybridized carbons (Fsp3) is 0.429. The summed E-state index contributed by atoms with van der Waals surface area (Å²) in [7, 11) is -3.03. The molecule has 0 bridgehead atoms. The van der Waals surface area contributed by atoms with Crippen molar-refractivity contribution in [2.24, 2.45) is 5.92 Å². The molecular formula is C14H19NO6S.